The molecule has 1 saturated heterocycles. The van der Waals surface area contributed by atoms with Crippen molar-refractivity contribution in [1.82, 2.24) is 5.32 Å². The van der Waals surface area contributed by atoms with Crippen LogP contribution in [-0.4, -0.2) is 35.0 Å². The highest BCUT2D eigenvalue weighted by molar-refractivity contribution is 8.18. The standard InChI is InChI=1S/C13H9N3O6S/c1-22-10(17)6-9-12(19)15-13(23-9)14-11(18)7-2-4-8(5-3-7)16(20)21/h2-6H,1H3,(H,14,15,18,19)/b9-6-. The van der Waals surface area contributed by atoms with E-state index in [0.717, 1.165) is 17.8 Å². The smallest absolute Gasteiger partial charge is 0.331 e. The molecule has 1 N–H and O–H groups in total. The van der Waals surface area contributed by atoms with E-state index in [4.69, 9.17) is 0 Å². The molecule has 0 aromatic heterocycles. The predicted octanol–water partition coefficient (Wildman–Crippen LogP) is 1.01. The lowest BCUT2D eigenvalue weighted by Crippen LogP contribution is -2.21. The molecule has 1 aliphatic rings. The van der Waals surface area contributed by atoms with Gasteiger partial charge in [0.1, 0.15) is 0 Å². The Morgan fingerprint density at radius 2 is 2.00 bits per heavy atom. The fraction of sp³-hybridized carbons (Fsp3) is 0.0769. The minimum Gasteiger partial charge on any atom is -0.466 e. The summed E-state index contributed by atoms with van der Waals surface area (Å²) in [5.74, 6) is -1.96. The van der Waals surface area contributed by atoms with Crippen LogP contribution >= 0.6 is 11.8 Å². The third-order valence-corrected chi connectivity index (χ3v) is 3.54. The molecule has 0 unspecified atom stereocenters. The number of nitrogens with zero attached hydrogens (tertiary/aromatic N) is 2. The third kappa shape index (κ3) is 4.01. The number of hydrogen-bond donors (Lipinski definition) is 1. The van der Waals surface area contributed by atoms with Crippen LogP contribution in [0.25, 0.3) is 0 Å². The van der Waals surface area contributed by atoms with E-state index >= 15 is 0 Å². The van der Waals surface area contributed by atoms with Gasteiger partial charge in [-0.05, 0) is 23.9 Å². The predicted molar refractivity (Wildman–Crippen MR) is 80.7 cm³/mol. The number of thioether (sulfide) groups is 1. The molecule has 2 amide bonds. The zero-order valence-electron chi connectivity index (χ0n) is 11.6. The monoisotopic (exact) mass is 335 g/mol. The molecule has 118 valence electrons. The quantitative estimate of drug-likeness (QED) is 0.378. The molecule has 9 nitrogen and oxygen atoms in total. The van der Waals surface area contributed by atoms with E-state index in [2.05, 4.69) is 15.0 Å². The molecule has 1 fully saturated rings. The lowest BCUT2D eigenvalue weighted by atomic mass is 10.2. The summed E-state index contributed by atoms with van der Waals surface area (Å²) in [5, 5.41) is 12.9. The van der Waals surface area contributed by atoms with Crippen molar-refractivity contribution in [3.63, 3.8) is 0 Å². The number of amidine groups is 1. The summed E-state index contributed by atoms with van der Waals surface area (Å²) < 4.78 is 4.41. The summed E-state index contributed by atoms with van der Waals surface area (Å²) in [7, 11) is 1.17. The molecule has 1 aliphatic heterocycles. The number of nitrogens with one attached hydrogen (secondary N) is 1. The van der Waals surface area contributed by atoms with Crippen molar-refractivity contribution in [2.24, 2.45) is 4.99 Å². The van der Waals surface area contributed by atoms with Crippen molar-refractivity contribution >= 4 is 40.4 Å². The summed E-state index contributed by atoms with van der Waals surface area (Å²) in [6.07, 6.45) is 0.985. The highest BCUT2D eigenvalue weighted by Gasteiger charge is 2.26. The Bertz CT molecular complexity index is 753. The van der Waals surface area contributed by atoms with Gasteiger partial charge >= 0.3 is 5.97 Å². The minimum atomic E-state index is -0.703. The maximum atomic E-state index is 11.9. The van der Waals surface area contributed by atoms with Crippen molar-refractivity contribution in [2.45, 2.75) is 0 Å². The number of rotatable bonds is 3. The maximum absolute atomic E-state index is 11.9. The van der Waals surface area contributed by atoms with Gasteiger partial charge in [-0.3, -0.25) is 19.7 Å². The van der Waals surface area contributed by atoms with Crippen molar-refractivity contribution in [3.8, 4) is 0 Å². The molecule has 1 heterocycles. The minimum absolute atomic E-state index is 0.00788. The molecule has 2 rings (SSSR count). The normalized spacial score (nSPS) is 17.2. The third-order valence-electron chi connectivity index (χ3n) is 2.63. The average molecular weight is 335 g/mol. The largest absolute Gasteiger partial charge is 0.466 e. The molecule has 0 aliphatic carbocycles. The van der Waals surface area contributed by atoms with Gasteiger partial charge in [-0.15, -0.1) is 0 Å². The second-order valence-electron chi connectivity index (χ2n) is 4.11. The molecule has 0 atom stereocenters. The fourth-order valence-electron chi connectivity index (χ4n) is 1.53. The van der Waals surface area contributed by atoms with Crippen LogP contribution in [0.15, 0.2) is 40.2 Å². The van der Waals surface area contributed by atoms with Crippen LogP contribution in [0.1, 0.15) is 10.4 Å². The first kappa shape index (κ1) is 16.4. The van der Waals surface area contributed by atoms with E-state index in [1.54, 1.807) is 0 Å². The number of ether oxygens (including phenoxy) is 1. The molecule has 0 saturated carbocycles. The fourth-order valence-corrected chi connectivity index (χ4v) is 2.31. The molecule has 1 aromatic rings. The van der Waals surface area contributed by atoms with E-state index in [0.29, 0.717) is 0 Å². The van der Waals surface area contributed by atoms with Crippen molar-refractivity contribution in [2.75, 3.05) is 7.11 Å². The summed E-state index contributed by atoms with van der Waals surface area (Å²) >= 11 is 0.814. The van der Waals surface area contributed by atoms with E-state index in [1.807, 2.05) is 0 Å². The number of methoxy groups -OCH3 is 1. The summed E-state index contributed by atoms with van der Waals surface area (Å²) in [6.45, 7) is 0. The maximum Gasteiger partial charge on any atom is 0.331 e. The molecule has 1 aromatic carbocycles. The van der Waals surface area contributed by atoms with E-state index in [9.17, 15) is 24.5 Å². The number of non-ortho nitro benzene ring substituents is 1. The summed E-state index contributed by atoms with van der Waals surface area (Å²) in [4.78, 5) is 48.3. The number of carbonyl (C=O) groups is 3. The van der Waals surface area contributed by atoms with Crippen LogP contribution in [0, 0.1) is 10.1 Å². The van der Waals surface area contributed by atoms with Crippen LogP contribution in [0.2, 0.25) is 0 Å². The Hall–Kier alpha value is -3.01. The number of nitro benzene ring substituents is 1. The number of benzene rings is 1. The molecule has 0 bridgehead atoms. The van der Waals surface area contributed by atoms with Crippen LogP contribution in [0.3, 0.4) is 0 Å². The molecule has 23 heavy (non-hydrogen) atoms. The summed E-state index contributed by atoms with van der Waals surface area (Å²) in [5.41, 5.74) is -0.0237. The van der Waals surface area contributed by atoms with Gasteiger partial charge in [0.15, 0.2) is 5.17 Å². The van der Waals surface area contributed by atoms with Gasteiger partial charge in [0, 0.05) is 23.8 Å². The van der Waals surface area contributed by atoms with Gasteiger partial charge in [-0.2, -0.15) is 4.99 Å². The zero-order valence-corrected chi connectivity index (χ0v) is 12.5. The first-order valence-corrected chi connectivity index (χ1v) is 6.88. The lowest BCUT2D eigenvalue weighted by Gasteiger charge is -1.97. The number of hydrogen-bond acceptors (Lipinski definition) is 7. The van der Waals surface area contributed by atoms with Crippen LogP contribution < -0.4 is 5.32 Å². The Kier molecular flexibility index (Phi) is 4.86. The number of aliphatic imine (C=N–C) groups is 1. The second kappa shape index (κ2) is 6.83. The van der Waals surface area contributed by atoms with Gasteiger partial charge < -0.3 is 10.1 Å². The van der Waals surface area contributed by atoms with Gasteiger partial charge in [0.25, 0.3) is 17.5 Å². The van der Waals surface area contributed by atoms with Crippen molar-refractivity contribution < 1.29 is 24.0 Å². The Morgan fingerprint density at radius 1 is 1.35 bits per heavy atom. The molecule has 0 radical (unpaired) electrons. The Morgan fingerprint density at radius 3 is 2.57 bits per heavy atom. The average Bonchev–Trinajstić information content (AvgIpc) is 2.86. The van der Waals surface area contributed by atoms with E-state index < -0.39 is 22.7 Å². The van der Waals surface area contributed by atoms with Crippen LogP contribution in [0.5, 0.6) is 0 Å². The first-order valence-electron chi connectivity index (χ1n) is 6.07. The van der Waals surface area contributed by atoms with E-state index in [-0.39, 0.29) is 21.3 Å². The Balaban J connectivity index is 2.14. The van der Waals surface area contributed by atoms with Crippen LogP contribution in [-0.2, 0) is 14.3 Å². The highest BCUT2D eigenvalue weighted by Crippen LogP contribution is 2.24. The molecule has 0 spiro atoms. The zero-order chi connectivity index (χ0) is 17.0. The summed E-state index contributed by atoms with van der Waals surface area (Å²) in [6, 6.07) is 4.88. The van der Waals surface area contributed by atoms with Gasteiger partial charge in [-0.25, -0.2) is 4.79 Å². The number of esters is 1. The highest BCUT2D eigenvalue weighted by atomic mass is 32.2. The van der Waals surface area contributed by atoms with Crippen molar-refractivity contribution in [1.29, 1.82) is 0 Å². The number of amides is 2. The van der Waals surface area contributed by atoms with Gasteiger partial charge in [0.05, 0.1) is 16.9 Å². The topological polar surface area (TPSA) is 128 Å². The van der Waals surface area contributed by atoms with Crippen molar-refractivity contribution in [3.05, 3.63) is 50.9 Å². The van der Waals surface area contributed by atoms with Crippen LogP contribution in [0.4, 0.5) is 5.69 Å². The second-order valence-corrected chi connectivity index (χ2v) is 5.14. The molecular weight excluding hydrogens is 326 g/mol. The van der Waals surface area contributed by atoms with E-state index in [1.165, 1.54) is 31.4 Å². The molecule has 10 heteroatoms. The number of carbonyl (C=O) groups excluding carboxylic acids is 3. The Labute approximate surface area is 133 Å². The lowest BCUT2D eigenvalue weighted by molar-refractivity contribution is -0.384. The SMILES string of the molecule is COC(=O)/C=C1\SC(=NC(=O)c2ccc([N+](=O)[O-])cc2)NC1=O. The molecular formula is C13H9N3O6S. The number of nitro groups is 1. The van der Waals surface area contributed by atoms with Gasteiger partial charge in [-0.1, -0.05) is 0 Å². The van der Waals surface area contributed by atoms with Gasteiger partial charge in [0.2, 0.25) is 0 Å². The first-order chi connectivity index (χ1) is 10.9.